The average Bonchev–Trinajstić information content (AvgIpc) is 3.15. The molecule has 0 unspecified atom stereocenters. The summed E-state index contributed by atoms with van der Waals surface area (Å²) in [4.78, 5) is 19.5. The molecule has 0 aromatic carbocycles. The van der Waals surface area contributed by atoms with Crippen LogP contribution in [-0.4, -0.2) is 24.3 Å². The smallest absolute Gasteiger partial charge is 0.338 e. The lowest BCUT2D eigenvalue weighted by molar-refractivity contribution is -0.159. The molecule has 3 rings (SSSR count). The van der Waals surface area contributed by atoms with Gasteiger partial charge in [0.2, 0.25) is 5.82 Å². The largest absolute Gasteiger partial charge is 0.471 e. The molecule has 10 heteroatoms. The Kier molecular flexibility index (Phi) is 3.96. The fraction of sp³-hybridized carbons (Fsp3) is 0.286. The Bertz CT molecular complexity index is 910. The van der Waals surface area contributed by atoms with E-state index in [-0.39, 0.29) is 16.9 Å². The van der Waals surface area contributed by atoms with Gasteiger partial charge in [0.05, 0.1) is 0 Å². The van der Waals surface area contributed by atoms with E-state index in [1.165, 1.54) is 22.9 Å². The molecule has 0 saturated carbocycles. The van der Waals surface area contributed by atoms with Crippen LogP contribution < -0.4 is 5.56 Å². The number of imidazole rings is 1. The standard InChI is InChI=1S/C14H12F3N5O2/c1-21-7-4-18-10(21)3-6-22-5-2-9(8-11(22)23)12-19-13(24-20-12)14(15,16)17/h2,4-5,7-8H,3,6H2,1H3. The Labute approximate surface area is 133 Å². The van der Waals surface area contributed by atoms with Crippen molar-refractivity contribution >= 4 is 0 Å². The first kappa shape index (κ1) is 16.0. The second kappa shape index (κ2) is 5.95. The highest BCUT2D eigenvalue weighted by atomic mass is 19.4. The molecule has 3 heterocycles. The van der Waals surface area contributed by atoms with Crippen LogP contribution in [-0.2, 0) is 26.2 Å². The van der Waals surface area contributed by atoms with Crippen LogP contribution >= 0.6 is 0 Å². The zero-order valence-corrected chi connectivity index (χ0v) is 12.5. The van der Waals surface area contributed by atoms with Crippen molar-refractivity contribution in [1.82, 2.24) is 24.3 Å². The Morgan fingerprint density at radius 1 is 1.29 bits per heavy atom. The van der Waals surface area contributed by atoms with E-state index >= 15 is 0 Å². The molecule has 0 aliphatic heterocycles. The van der Waals surface area contributed by atoms with E-state index in [0.29, 0.717) is 13.0 Å². The highest BCUT2D eigenvalue weighted by molar-refractivity contribution is 5.52. The van der Waals surface area contributed by atoms with Crippen LogP contribution in [0.2, 0.25) is 0 Å². The maximum Gasteiger partial charge on any atom is 0.471 e. The van der Waals surface area contributed by atoms with Gasteiger partial charge in [0.15, 0.2) is 0 Å². The van der Waals surface area contributed by atoms with Gasteiger partial charge in [-0.05, 0) is 6.07 Å². The summed E-state index contributed by atoms with van der Waals surface area (Å²) in [5, 5.41) is 3.25. The first-order chi connectivity index (χ1) is 11.3. The summed E-state index contributed by atoms with van der Waals surface area (Å²) in [5.41, 5.74) is -0.215. The lowest BCUT2D eigenvalue weighted by Gasteiger charge is -2.06. The van der Waals surface area contributed by atoms with Gasteiger partial charge in [0, 0.05) is 50.2 Å². The van der Waals surface area contributed by atoms with Crippen LogP contribution in [0.4, 0.5) is 13.2 Å². The molecule has 0 bridgehead atoms. The van der Waals surface area contributed by atoms with Gasteiger partial charge in [-0.25, -0.2) is 4.98 Å². The monoisotopic (exact) mass is 339 g/mol. The number of alkyl halides is 3. The number of halogens is 3. The van der Waals surface area contributed by atoms with Gasteiger partial charge in [-0.2, -0.15) is 18.2 Å². The third-order valence-corrected chi connectivity index (χ3v) is 3.42. The number of nitrogens with zero attached hydrogens (tertiary/aromatic N) is 5. The van der Waals surface area contributed by atoms with Crippen LogP contribution in [0.15, 0.2) is 40.0 Å². The molecule has 3 aromatic heterocycles. The minimum Gasteiger partial charge on any atom is -0.338 e. The topological polar surface area (TPSA) is 78.7 Å². The Morgan fingerprint density at radius 3 is 2.67 bits per heavy atom. The van der Waals surface area contributed by atoms with Gasteiger partial charge < -0.3 is 13.7 Å². The van der Waals surface area contributed by atoms with Gasteiger partial charge in [-0.15, -0.1) is 0 Å². The number of rotatable bonds is 4. The molecule has 0 fully saturated rings. The lowest BCUT2D eigenvalue weighted by Crippen LogP contribution is -2.20. The van der Waals surface area contributed by atoms with E-state index in [1.807, 2.05) is 11.6 Å². The third kappa shape index (κ3) is 3.21. The molecular weight excluding hydrogens is 327 g/mol. The van der Waals surface area contributed by atoms with Crippen LogP contribution in [0.25, 0.3) is 11.4 Å². The first-order valence-corrected chi connectivity index (χ1v) is 6.92. The summed E-state index contributed by atoms with van der Waals surface area (Å²) in [6, 6.07) is 2.63. The number of hydrogen-bond donors (Lipinski definition) is 0. The van der Waals surface area contributed by atoms with Gasteiger partial charge in [-0.3, -0.25) is 4.79 Å². The highest BCUT2D eigenvalue weighted by Crippen LogP contribution is 2.28. The molecule has 0 aliphatic rings. The molecule has 3 aromatic rings. The number of aryl methyl sites for hydroxylation is 3. The first-order valence-electron chi connectivity index (χ1n) is 6.92. The molecule has 0 spiro atoms. The second-order valence-corrected chi connectivity index (χ2v) is 5.07. The minimum absolute atomic E-state index is 0.160. The predicted octanol–water partition coefficient (Wildman–Crippen LogP) is 1.89. The van der Waals surface area contributed by atoms with Crippen molar-refractivity contribution in [3.63, 3.8) is 0 Å². The quantitative estimate of drug-likeness (QED) is 0.725. The fourth-order valence-corrected chi connectivity index (χ4v) is 2.15. The van der Waals surface area contributed by atoms with Gasteiger partial charge in [0.1, 0.15) is 5.82 Å². The van der Waals surface area contributed by atoms with E-state index in [9.17, 15) is 18.0 Å². The van der Waals surface area contributed by atoms with Gasteiger partial charge >= 0.3 is 12.1 Å². The normalized spacial score (nSPS) is 11.8. The molecule has 0 N–H and O–H groups in total. The zero-order chi connectivity index (χ0) is 17.3. The molecule has 24 heavy (non-hydrogen) atoms. The lowest BCUT2D eigenvalue weighted by atomic mass is 10.2. The van der Waals surface area contributed by atoms with Crippen molar-refractivity contribution in [2.75, 3.05) is 0 Å². The van der Waals surface area contributed by atoms with Crippen molar-refractivity contribution in [2.24, 2.45) is 7.05 Å². The molecule has 0 amide bonds. The number of hydrogen-bond acceptors (Lipinski definition) is 5. The summed E-state index contributed by atoms with van der Waals surface area (Å²) in [6.45, 7) is 0.393. The summed E-state index contributed by atoms with van der Waals surface area (Å²) in [5.74, 6) is -0.911. The van der Waals surface area contributed by atoms with Crippen LogP contribution in [0, 0.1) is 0 Å². The van der Waals surface area contributed by atoms with Crippen molar-refractivity contribution in [1.29, 1.82) is 0 Å². The predicted molar refractivity (Wildman–Crippen MR) is 75.9 cm³/mol. The molecule has 0 saturated heterocycles. The third-order valence-electron chi connectivity index (χ3n) is 3.42. The Hall–Kier alpha value is -2.91. The van der Waals surface area contributed by atoms with Crippen LogP contribution in [0.5, 0.6) is 0 Å². The van der Waals surface area contributed by atoms with Crippen molar-refractivity contribution in [3.8, 4) is 11.4 Å². The molecule has 0 atom stereocenters. The Morgan fingerprint density at radius 2 is 2.08 bits per heavy atom. The summed E-state index contributed by atoms with van der Waals surface area (Å²) >= 11 is 0. The van der Waals surface area contributed by atoms with E-state index in [4.69, 9.17) is 0 Å². The van der Waals surface area contributed by atoms with E-state index in [1.54, 1.807) is 12.4 Å². The van der Waals surface area contributed by atoms with Crippen molar-refractivity contribution < 1.29 is 17.7 Å². The second-order valence-electron chi connectivity index (χ2n) is 5.07. The van der Waals surface area contributed by atoms with Crippen molar-refractivity contribution in [3.05, 3.63) is 52.8 Å². The summed E-state index contributed by atoms with van der Waals surface area (Å²) < 4.78 is 44.8. The van der Waals surface area contributed by atoms with Gasteiger partial charge in [0.25, 0.3) is 5.56 Å². The maximum absolute atomic E-state index is 12.5. The minimum atomic E-state index is -4.72. The van der Waals surface area contributed by atoms with Crippen LogP contribution in [0.3, 0.4) is 0 Å². The molecule has 0 aliphatic carbocycles. The van der Waals surface area contributed by atoms with E-state index in [0.717, 1.165) is 5.82 Å². The number of aromatic nitrogens is 5. The Balaban J connectivity index is 1.78. The zero-order valence-electron chi connectivity index (χ0n) is 12.5. The summed E-state index contributed by atoms with van der Waals surface area (Å²) in [6.07, 6.45) is 0.765. The average molecular weight is 339 g/mol. The van der Waals surface area contributed by atoms with Gasteiger partial charge in [-0.1, -0.05) is 5.16 Å². The highest BCUT2D eigenvalue weighted by Gasteiger charge is 2.38. The molecule has 7 nitrogen and oxygen atoms in total. The molecule has 0 radical (unpaired) electrons. The van der Waals surface area contributed by atoms with Crippen LogP contribution in [0.1, 0.15) is 11.7 Å². The molecular formula is C14H12F3N5O2. The molecule has 126 valence electrons. The van der Waals surface area contributed by atoms with E-state index < -0.39 is 12.1 Å². The van der Waals surface area contributed by atoms with E-state index in [2.05, 4.69) is 19.6 Å². The number of pyridine rings is 1. The SMILES string of the molecule is Cn1ccnc1CCn1ccc(-c2noc(C(F)(F)F)n2)cc1=O. The fourth-order valence-electron chi connectivity index (χ4n) is 2.15. The van der Waals surface area contributed by atoms with Crippen molar-refractivity contribution in [2.45, 2.75) is 19.1 Å². The summed E-state index contributed by atoms with van der Waals surface area (Å²) in [7, 11) is 1.85. The maximum atomic E-state index is 12.5.